The number of hydrogen-bond donors (Lipinski definition) is 1. The van der Waals surface area contributed by atoms with Crippen molar-refractivity contribution in [3.63, 3.8) is 0 Å². The highest BCUT2D eigenvalue weighted by Crippen LogP contribution is 2.25. The molecule has 4 heteroatoms. The number of hydrogen-bond acceptors (Lipinski definition) is 4. The van der Waals surface area contributed by atoms with Gasteiger partial charge in [-0.2, -0.15) is 0 Å². The summed E-state index contributed by atoms with van der Waals surface area (Å²) in [6.07, 6.45) is 1.61. The first-order valence-electron chi connectivity index (χ1n) is 5.45. The van der Waals surface area contributed by atoms with Gasteiger partial charge in [-0.1, -0.05) is 6.07 Å². The van der Waals surface area contributed by atoms with Crippen molar-refractivity contribution in [1.82, 2.24) is 10.3 Å². The Balaban J connectivity index is 2.07. The highest BCUT2D eigenvalue weighted by atomic mass is 16.4. The van der Waals surface area contributed by atoms with Gasteiger partial charge in [0.25, 0.3) is 5.89 Å². The van der Waals surface area contributed by atoms with Gasteiger partial charge in [0.15, 0.2) is 11.3 Å². The van der Waals surface area contributed by atoms with Crippen LogP contribution < -0.4 is 5.32 Å². The van der Waals surface area contributed by atoms with Crippen LogP contribution in [0.5, 0.6) is 0 Å². The van der Waals surface area contributed by atoms with E-state index in [9.17, 15) is 0 Å². The lowest BCUT2D eigenvalue weighted by atomic mass is 10.2. The second kappa shape index (κ2) is 4.07. The predicted molar refractivity (Wildman–Crippen MR) is 64.5 cm³/mol. The number of furan rings is 1. The quantitative estimate of drug-likeness (QED) is 0.748. The van der Waals surface area contributed by atoms with Crippen LogP contribution in [0.2, 0.25) is 0 Å². The molecule has 0 saturated heterocycles. The summed E-state index contributed by atoms with van der Waals surface area (Å²) in [5.74, 6) is 1.17. The van der Waals surface area contributed by atoms with Gasteiger partial charge in [0, 0.05) is 6.54 Å². The first-order valence-corrected chi connectivity index (χ1v) is 5.45. The molecule has 3 rings (SSSR count). The van der Waals surface area contributed by atoms with E-state index in [1.54, 1.807) is 6.26 Å². The second-order valence-electron chi connectivity index (χ2n) is 3.83. The zero-order chi connectivity index (χ0) is 11.7. The van der Waals surface area contributed by atoms with Crippen molar-refractivity contribution in [3.05, 3.63) is 42.2 Å². The van der Waals surface area contributed by atoms with Gasteiger partial charge in [0.1, 0.15) is 5.52 Å². The van der Waals surface area contributed by atoms with Gasteiger partial charge < -0.3 is 14.2 Å². The Labute approximate surface area is 98.3 Å². The van der Waals surface area contributed by atoms with Crippen LogP contribution >= 0.6 is 0 Å². The summed E-state index contributed by atoms with van der Waals surface area (Å²) in [4.78, 5) is 4.41. The van der Waals surface area contributed by atoms with Gasteiger partial charge >= 0.3 is 0 Å². The molecule has 0 amide bonds. The first-order chi connectivity index (χ1) is 8.36. The maximum absolute atomic E-state index is 5.62. The molecule has 0 aliphatic rings. The smallest absolute Gasteiger partial charge is 0.263 e. The molecule has 2 heterocycles. The molecular weight excluding hydrogens is 216 g/mol. The molecule has 4 nitrogen and oxygen atoms in total. The van der Waals surface area contributed by atoms with Crippen LogP contribution in [0, 0.1) is 0 Å². The van der Waals surface area contributed by atoms with E-state index in [0.717, 1.165) is 17.6 Å². The average molecular weight is 228 g/mol. The average Bonchev–Trinajstić information content (AvgIpc) is 2.97. The monoisotopic (exact) mass is 228 g/mol. The lowest BCUT2D eigenvalue weighted by Crippen LogP contribution is -2.04. The van der Waals surface area contributed by atoms with Crippen molar-refractivity contribution in [2.45, 2.75) is 6.54 Å². The number of nitrogens with zero attached hydrogens (tertiary/aromatic N) is 1. The van der Waals surface area contributed by atoms with E-state index in [1.165, 1.54) is 5.56 Å². The van der Waals surface area contributed by atoms with Crippen molar-refractivity contribution in [2.24, 2.45) is 0 Å². The fourth-order valence-electron chi connectivity index (χ4n) is 1.79. The molecule has 0 radical (unpaired) electrons. The molecule has 2 aromatic heterocycles. The van der Waals surface area contributed by atoms with Crippen LogP contribution in [-0.2, 0) is 6.54 Å². The van der Waals surface area contributed by atoms with Crippen molar-refractivity contribution >= 4 is 11.1 Å². The topological polar surface area (TPSA) is 51.2 Å². The van der Waals surface area contributed by atoms with E-state index in [4.69, 9.17) is 8.83 Å². The zero-order valence-corrected chi connectivity index (χ0v) is 9.43. The normalized spacial score (nSPS) is 11.1. The number of aromatic nitrogens is 1. The summed E-state index contributed by atoms with van der Waals surface area (Å²) >= 11 is 0. The predicted octanol–water partition coefficient (Wildman–Crippen LogP) is 2.81. The van der Waals surface area contributed by atoms with Gasteiger partial charge in [-0.3, -0.25) is 0 Å². The summed E-state index contributed by atoms with van der Waals surface area (Å²) in [7, 11) is 1.92. The maximum Gasteiger partial charge on any atom is 0.263 e. The minimum atomic E-state index is 0.520. The van der Waals surface area contributed by atoms with Gasteiger partial charge in [0.05, 0.1) is 6.26 Å². The molecule has 0 spiro atoms. The van der Waals surface area contributed by atoms with Crippen molar-refractivity contribution in [1.29, 1.82) is 0 Å². The van der Waals surface area contributed by atoms with E-state index in [2.05, 4.69) is 10.3 Å². The number of oxazole rings is 1. The number of rotatable bonds is 3. The summed E-state index contributed by atoms with van der Waals surface area (Å²) in [6, 6.07) is 9.62. The molecule has 86 valence electrons. The lowest BCUT2D eigenvalue weighted by molar-refractivity contribution is 0.535. The molecule has 0 unspecified atom stereocenters. The third-order valence-electron chi connectivity index (χ3n) is 2.56. The molecule has 0 aliphatic carbocycles. The Hall–Kier alpha value is -2.07. The number of nitrogens with one attached hydrogen (secondary N) is 1. The van der Waals surface area contributed by atoms with Crippen molar-refractivity contribution in [2.75, 3.05) is 7.05 Å². The van der Waals surface area contributed by atoms with Gasteiger partial charge in [-0.25, -0.2) is 4.98 Å². The summed E-state index contributed by atoms with van der Waals surface area (Å²) < 4.78 is 10.9. The minimum Gasteiger partial charge on any atom is -0.459 e. The van der Waals surface area contributed by atoms with E-state index in [-0.39, 0.29) is 0 Å². The van der Waals surface area contributed by atoms with E-state index < -0.39 is 0 Å². The standard InChI is InChI=1S/C13H12N2O2/c1-14-8-9-4-5-11-10(7-9)15-13(17-11)12-3-2-6-16-12/h2-7,14H,8H2,1H3. The second-order valence-corrected chi connectivity index (χ2v) is 3.83. The third kappa shape index (κ3) is 1.83. The third-order valence-corrected chi connectivity index (χ3v) is 2.56. The van der Waals surface area contributed by atoms with Crippen LogP contribution in [0.3, 0.4) is 0 Å². The van der Waals surface area contributed by atoms with E-state index in [0.29, 0.717) is 11.7 Å². The minimum absolute atomic E-state index is 0.520. The number of fused-ring (bicyclic) bond motifs is 1. The van der Waals surface area contributed by atoms with Gasteiger partial charge in [0.2, 0.25) is 0 Å². The SMILES string of the molecule is CNCc1ccc2oc(-c3ccco3)nc2c1. The Kier molecular flexibility index (Phi) is 2.42. The van der Waals surface area contributed by atoms with Crippen LogP contribution in [0.25, 0.3) is 22.8 Å². The molecule has 3 aromatic rings. The fraction of sp³-hybridized carbons (Fsp3) is 0.154. The highest BCUT2D eigenvalue weighted by Gasteiger charge is 2.10. The summed E-state index contributed by atoms with van der Waals surface area (Å²) in [5.41, 5.74) is 2.81. The summed E-state index contributed by atoms with van der Waals surface area (Å²) in [6.45, 7) is 0.818. The Morgan fingerprint density at radius 2 is 2.24 bits per heavy atom. The number of benzene rings is 1. The van der Waals surface area contributed by atoms with Crippen LogP contribution in [0.4, 0.5) is 0 Å². The zero-order valence-electron chi connectivity index (χ0n) is 9.43. The van der Waals surface area contributed by atoms with E-state index in [1.807, 2.05) is 37.4 Å². The lowest BCUT2D eigenvalue weighted by Gasteiger charge is -1.97. The Morgan fingerprint density at radius 3 is 3.00 bits per heavy atom. The van der Waals surface area contributed by atoms with Crippen LogP contribution in [-0.4, -0.2) is 12.0 Å². The van der Waals surface area contributed by atoms with Crippen molar-refractivity contribution < 1.29 is 8.83 Å². The largest absolute Gasteiger partial charge is 0.459 e. The Bertz CT molecular complexity index is 626. The fourth-order valence-corrected chi connectivity index (χ4v) is 1.79. The molecule has 0 saturated carbocycles. The van der Waals surface area contributed by atoms with Crippen molar-refractivity contribution in [3.8, 4) is 11.7 Å². The van der Waals surface area contributed by atoms with Crippen LogP contribution in [0.15, 0.2) is 45.4 Å². The van der Waals surface area contributed by atoms with E-state index >= 15 is 0 Å². The molecular formula is C13H12N2O2. The van der Waals surface area contributed by atoms with Gasteiger partial charge in [-0.15, -0.1) is 0 Å². The molecule has 0 aliphatic heterocycles. The molecule has 0 fully saturated rings. The maximum atomic E-state index is 5.62. The molecule has 1 aromatic carbocycles. The molecule has 0 atom stereocenters. The highest BCUT2D eigenvalue weighted by molar-refractivity contribution is 5.76. The first kappa shape index (κ1) is 10.1. The Morgan fingerprint density at radius 1 is 1.29 bits per heavy atom. The van der Waals surface area contributed by atoms with Crippen LogP contribution in [0.1, 0.15) is 5.56 Å². The summed E-state index contributed by atoms with van der Waals surface area (Å²) in [5, 5.41) is 3.11. The van der Waals surface area contributed by atoms with Gasteiger partial charge in [-0.05, 0) is 36.9 Å². The molecule has 1 N–H and O–H groups in total. The molecule has 0 bridgehead atoms. The molecule has 17 heavy (non-hydrogen) atoms.